The van der Waals surface area contributed by atoms with Crippen molar-refractivity contribution in [1.29, 1.82) is 0 Å². The molecule has 1 aliphatic carbocycles. The molecule has 1 fully saturated rings. The topological polar surface area (TPSA) is 12.0 Å². The largest absolute Gasteiger partial charge is 0.307 e. The molecule has 0 amide bonds. The molecule has 0 heterocycles. The van der Waals surface area contributed by atoms with Crippen molar-refractivity contribution in [2.45, 2.75) is 44.7 Å². The van der Waals surface area contributed by atoms with Crippen molar-refractivity contribution in [2.24, 2.45) is 0 Å². The highest BCUT2D eigenvalue weighted by Crippen LogP contribution is 2.23. The quantitative estimate of drug-likeness (QED) is 0.872. The highest BCUT2D eigenvalue weighted by atomic mass is 79.9. The lowest BCUT2D eigenvalue weighted by atomic mass is 10.1. The summed E-state index contributed by atoms with van der Waals surface area (Å²) in [5, 5.41) is 3.70. The van der Waals surface area contributed by atoms with Crippen LogP contribution in [0.15, 0.2) is 28.7 Å². The number of hydrogen-bond donors (Lipinski definition) is 1. The Bertz CT molecular complexity index is 318. The second-order valence-corrected chi connectivity index (χ2v) is 5.34. The van der Waals surface area contributed by atoms with E-state index in [2.05, 4.69) is 52.4 Å². The minimum atomic E-state index is 0.464. The molecule has 82 valence electrons. The van der Waals surface area contributed by atoms with Crippen LogP contribution in [-0.2, 0) is 0 Å². The summed E-state index contributed by atoms with van der Waals surface area (Å²) in [7, 11) is 0. The molecule has 1 aromatic rings. The van der Waals surface area contributed by atoms with Gasteiger partial charge in [0, 0.05) is 16.6 Å². The molecule has 0 unspecified atom stereocenters. The molecule has 0 spiro atoms. The minimum absolute atomic E-state index is 0.464. The van der Waals surface area contributed by atoms with E-state index in [1.165, 1.54) is 35.7 Å². The third-order valence-corrected chi connectivity index (χ3v) is 3.68. The van der Waals surface area contributed by atoms with Crippen molar-refractivity contribution in [3.05, 3.63) is 34.3 Å². The van der Waals surface area contributed by atoms with E-state index in [0.717, 1.165) is 6.04 Å². The second-order valence-electron chi connectivity index (χ2n) is 4.42. The zero-order valence-corrected chi connectivity index (χ0v) is 10.8. The molecule has 1 saturated carbocycles. The second kappa shape index (κ2) is 5.13. The number of nitrogens with one attached hydrogen (secondary N) is 1. The van der Waals surface area contributed by atoms with Gasteiger partial charge in [-0.05, 0) is 37.5 Å². The third kappa shape index (κ3) is 3.05. The summed E-state index contributed by atoms with van der Waals surface area (Å²) >= 11 is 3.52. The summed E-state index contributed by atoms with van der Waals surface area (Å²) in [6.07, 6.45) is 5.47. The van der Waals surface area contributed by atoms with E-state index in [4.69, 9.17) is 0 Å². The standard InChI is InChI=1S/C13H18BrN/c1-10(15-13-7-2-3-8-13)11-5-4-6-12(14)9-11/h4-6,9-10,13,15H,2-3,7-8H2,1H3/t10-/m0/s1. The average Bonchev–Trinajstić information content (AvgIpc) is 2.70. The van der Waals surface area contributed by atoms with Gasteiger partial charge in [0.1, 0.15) is 0 Å². The zero-order chi connectivity index (χ0) is 10.7. The number of halogens is 1. The molecule has 15 heavy (non-hydrogen) atoms. The van der Waals surface area contributed by atoms with Gasteiger partial charge in [-0.2, -0.15) is 0 Å². The van der Waals surface area contributed by atoms with Crippen molar-refractivity contribution in [3.63, 3.8) is 0 Å². The van der Waals surface area contributed by atoms with E-state index in [-0.39, 0.29) is 0 Å². The third-order valence-electron chi connectivity index (χ3n) is 3.19. The molecule has 0 bridgehead atoms. The number of rotatable bonds is 3. The van der Waals surface area contributed by atoms with Gasteiger partial charge in [-0.25, -0.2) is 0 Å². The first-order valence-corrected chi connectivity index (χ1v) is 6.56. The Morgan fingerprint density at radius 2 is 2.07 bits per heavy atom. The molecule has 1 N–H and O–H groups in total. The van der Waals surface area contributed by atoms with Gasteiger partial charge in [0.15, 0.2) is 0 Å². The first-order chi connectivity index (χ1) is 7.25. The van der Waals surface area contributed by atoms with Crippen LogP contribution in [-0.4, -0.2) is 6.04 Å². The summed E-state index contributed by atoms with van der Waals surface area (Å²) in [5.74, 6) is 0. The van der Waals surface area contributed by atoms with Crippen LogP contribution in [0.4, 0.5) is 0 Å². The van der Waals surface area contributed by atoms with Crippen LogP contribution in [0.25, 0.3) is 0 Å². The van der Waals surface area contributed by atoms with Gasteiger partial charge in [0.2, 0.25) is 0 Å². The summed E-state index contributed by atoms with van der Waals surface area (Å²) in [4.78, 5) is 0. The van der Waals surface area contributed by atoms with E-state index in [1.54, 1.807) is 0 Å². The van der Waals surface area contributed by atoms with E-state index in [0.29, 0.717) is 6.04 Å². The lowest BCUT2D eigenvalue weighted by molar-refractivity contribution is 0.461. The molecule has 1 nitrogen and oxygen atoms in total. The van der Waals surface area contributed by atoms with Crippen LogP contribution in [0.1, 0.15) is 44.2 Å². The molecule has 0 aromatic heterocycles. The Morgan fingerprint density at radius 3 is 2.73 bits per heavy atom. The van der Waals surface area contributed by atoms with Crippen molar-refractivity contribution >= 4 is 15.9 Å². The molecule has 0 saturated heterocycles. The molecule has 0 radical (unpaired) electrons. The lowest BCUT2D eigenvalue weighted by Crippen LogP contribution is -2.28. The maximum Gasteiger partial charge on any atom is 0.0294 e. The number of benzene rings is 1. The van der Waals surface area contributed by atoms with Crippen molar-refractivity contribution in [2.75, 3.05) is 0 Å². The summed E-state index contributed by atoms with van der Waals surface area (Å²) in [5.41, 5.74) is 1.37. The monoisotopic (exact) mass is 267 g/mol. The van der Waals surface area contributed by atoms with Gasteiger partial charge in [-0.15, -0.1) is 0 Å². The fourth-order valence-electron chi connectivity index (χ4n) is 2.32. The predicted octanol–water partition coefficient (Wildman–Crippen LogP) is 4.04. The Labute approximate surface area is 100 Å². The van der Waals surface area contributed by atoms with Crippen molar-refractivity contribution in [1.82, 2.24) is 5.32 Å². The van der Waals surface area contributed by atoms with Gasteiger partial charge < -0.3 is 5.32 Å². The van der Waals surface area contributed by atoms with Crippen molar-refractivity contribution < 1.29 is 0 Å². The van der Waals surface area contributed by atoms with Crippen LogP contribution in [0.5, 0.6) is 0 Å². The summed E-state index contributed by atoms with van der Waals surface area (Å²) in [6.45, 7) is 2.25. The summed E-state index contributed by atoms with van der Waals surface area (Å²) < 4.78 is 1.17. The SMILES string of the molecule is C[C@H](NC1CCCC1)c1cccc(Br)c1. The molecular weight excluding hydrogens is 250 g/mol. The number of hydrogen-bond acceptors (Lipinski definition) is 1. The minimum Gasteiger partial charge on any atom is -0.307 e. The maximum atomic E-state index is 3.70. The molecule has 1 aliphatic rings. The van der Waals surface area contributed by atoms with Gasteiger partial charge in [0.05, 0.1) is 0 Å². The van der Waals surface area contributed by atoms with Crippen molar-refractivity contribution in [3.8, 4) is 0 Å². The van der Waals surface area contributed by atoms with Crippen LogP contribution < -0.4 is 5.32 Å². The first kappa shape index (κ1) is 11.2. The van der Waals surface area contributed by atoms with E-state index >= 15 is 0 Å². The Balaban J connectivity index is 1.97. The molecule has 2 heteroatoms. The maximum absolute atomic E-state index is 3.70. The van der Waals surface area contributed by atoms with Gasteiger partial charge in [0.25, 0.3) is 0 Å². The molecule has 2 rings (SSSR count). The first-order valence-electron chi connectivity index (χ1n) is 5.77. The molecule has 1 atom stereocenters. The van der Waals surface area contributed by atoms with Crippen LogP contribution in [0, 0.1) is 0 Å². The highest BCUT2D eigenvalue weighted by Gasteiger charge is 2.17. The van der Waals surface area contributed by atoms with E-state index in [9.17, 15) is 0 Å². The Kier molecular flexibility index (Phi) is 3.81. The van der Waals surface area contributed by atoms with Crippen LogP contribution >= 0.6 is 15.9 Å². The van der Waals surface area contributed by atoms with Gasteiger partial charge in [-0.3, -0.25) is 0 Å². The highest BCUT2D eigenvalue weighted by molar-refractivity contribution is 9.10. The smallest absolute Gasteiger partial charge is 0.0294 e. The van der Waals surface area contributed by atoms with Crippen LogP contribution in [0.3, 0.4) is 0 Å². The molecule has 0 aliphatic heterocycles. The van der Waals surface area contributed by atoms with Crippen LogP contribution in [0.2, 0.25) is 0 Å². The normalized spacial score (nSPS) is 19.3. The average molecular weight is 268 g/mol. The predicted molar refractivity (Wildman–Crippen MR) is 67.9 cm³/mol. The zero-order valence-electron chi connectivity index (χ0n) is 9.17. The van der Waals surface area contributed by atoms with Gasteiger partial charge >= 0.3 is 0 Å². The Morgan fingerprint density at radius 1 is 1.33 bits per heavy atom. The van der Waals surface area contributed by atoms with Gasteiger partial charge in [-0.1, -0.05) is 40.9 Å². The van der Waals surface area contributed by atoms with E-state index < -0.39 is 0 Å². The lowest BCUT2D eigenvalue weighted by Gasteiger charge is -2.19. The molecular formula is C13H18BrN. The Hall–Kier alpha value is -0.340. The fraction of sp³-hybridized carbons (Fsp3) is 0.538. The van der Waals surface area contributed by atoms with E-state index in [1.807, 2.05) is 0 Å². The summed E-state index contributed by atoms with van der Waals surface area (Å²) in [6, 6.07) is 9.77. The molecule has 1 aromatic carbocycles. The fourth-order valence-corrected chi connectivity index (χ4v) is 2.74.